The summed E-state index contributed by atoms with van der Waals surface area (Å²) in [5, 5.41) is 10.6. The largest absolute Gasteiger partial charge is 0.355 e. The first-order chi connectivity index (χ1) is 7.79. The molecule has 0 heterocycles. The summed E-state index contributed by atoms with van der Waals surface area (Å²) in [7, 11) is 0. The van der Waals surface area contributed by atoms with Gasteiger partial charge >= 0.3 is 0 Å². The van der Waals surface area contributed by atoms with Crippen LogP contribution >= 0.6 is 0 Å². The van der Waals surface area contributed by atoms with Gasteiger partial charge < -0.3 is 10.7 Å². The van der Waals surface area contributed by atoms with E-state index in [0.717, 1.165) is 16.9 Å². The van der Waals surface area contributed by atoms with E-state index in [1.54, 1.807) is 0 Å². The Balaban J connectivity index is 2.26. The first-order valence-corrected chi connectivity index (χ1v) is 5.23. The van der Waals surface area contributed by atoms with Crippen LogP contribution in [0.4, 0.5) is 11.4 Å². The number of anilines is 2. The Morgan fingerprint density at radius 3 is 2.38 bits per heavy atom. The Hall–Kier alpha value is -2.09. The lowest BCUT2D eigenvalue weighted by atomic mass is 10.1. The van der Waals surface area contributed by atoms with Gasteiger partial charge in [-0.15, -0.1) is 0 Å². The molecule has 0 aromatic heterocycles. The molecule has 0 amide bonds. The van der Waals surface area contributed by atoms with E-state index in [4.69, 9.17) is 5.41 Å². The molecule has 0 saturated carbocycles. The van der Waals surface area contributed by atoms with Crippen molar-refractivity contribution < 1.29 is 0 Å². The van der Waals surface area contributed by atoms with Crippen LogP contribution in [-0.4, -0.2) is 6.21 Å². The second kappa shape index (κ2) is 4.62. The highest BCUT2D eigenvalue weighted by molar-refractivity contribution is 5.87. The fourth-order valence-corrected chi connectivity index (χ4v) is 1.53. The van der Waals surface area contributed by atoms with E-state index in [9.17, 15) is 0 Å². The van der Waals surface area contributed by atoms with Crippen LogP contribution in [0, 0.1) is 12.3 Å². The predicted molar refractivity (Wildman–Crippen MR) is 68.8 cm³/mol. The molecule has 2 N–H and O–H groups in total. The van der Waals surface area contributed by atoms with Crippen LogP contribution in [0.2, 0.25) is 0 Å². The minimum absolute atomic E-state index is 0.892. The highest BCUT2D eigenvalue weighted by atomic mass is 14.9. The van der Waals surface area contributed by atoms with Crippen LogP contribution in [0.1, 0.15) is 11.1 Å². The third-order valence-electron chi connectivity index (χ3n) is 2.45. The summed E-state index contributed by atoms with van der Waals surface area (Å²) in [6.45, 7) is 2.06. The molecule has 16 heavy (non-hydrogen) atoms. The second-order valence-electron chi connectivity index (χ2n) is 3.72. The zero-order chi connectivity index (χ0) is 11.4. The molecule has 0 saturated heterocycles. The van der Waals surface area contributed by atoms with Crippen molar-refractivity contribution >= 4 is 17.6 Å². The summed E-state index contributed by atoms with van der Waals surface area (Å²) < 4.78 is 0. The fourth-order valence-electron chi connectivity index (χ4n) is 1.53. The van der Waals surface area contributed by atoms with E-state index in [2.05, 4.69) is 24.4 Å². The standard InChI is InChI=1S/C14H14N2/c1-11-6-8-13(9-7-11)16-14-5-3-2-4-12(14)10-15/h2-10,15-16H,1H3. The Morgan fingerprint density at radius 2 is 1.69 bits per heavy atom. The van der Waals surface area contributed by atoms with Crippen LogP contribution < -0.4 is 5.32 Å². The molecule has 0 aliphatic heterocycles. The smallest absolute Gasteiger partial charge is 0.0473 e. The van der Waals surface area contributed by atoms with Crippen molar-refractivity contribution in [2.45, 2.75) is 6.92 Å². The topological polar surface area (TPSA) is 35.9 Å². The normalized spacial score (nSPS) is 9.81. The van der Waals surface area contributed by atoms with E-state index < -0.39 is 0 Å². The van der Waals surface area contributed by atoms with Crippen molar-refractivity contribution in [3.8, 4) is 0 Å². The van der Waals surface area contributed by atoms with Gasteiger partial charge in [0.1, 0.15) is 0 Å². The Bertz CT molecular complexity index is 486. The van der Waals surface area contributed by atoms with Gasteiger partial charge in [-0.25, -0.2) is 0 Å². The number of hydrogen-bond donors (Lipinski definition) is 2. The van der Waals surface area contributed by atoms with Crippen LogP contribution in [0.15, 0.2) is 48.5 Å². The highest BCUT2D eigenvalue weighted by Crippen LogP contribution is 2.19. The lowest BCUT2D eigenvalue weighted by Crippen LogP contribution is -1.94. The first-order valence-electron chi connectivity index (χ1n) is 5.23. The molecule has 2 heteroatoms. The van der Waals surface area contributed by atoms with Gasteiger partial charge in [0.15, 0.2) is 0 Å². The monoisotopic (exact) mass is 210 g/mol. The number of rotatable bonds is 3. The van der Waals surface area contributed by atoms with Gasteiger partial charge in [0.2, 0.25) is 0 Å². The zero-order valence-electron chi connectivity index (χ0n) is 9.20. The molecule has 0 aliphatic rings. The SMILES string of the molecule is Cc1ccc(Nc2ccccc2C=N)cc1. The van der Waals surface area contributed by atoms with Crippen molar-refractivity contribution in [2.75, 3.05) is 5.32 Å². The molecule has 2 aromatic rings. The molecule has 80 valence electrons. The molecule has 2 rings (SSSR count). The van der Waals surface area contributed by atoms with E-state index in [-0.39, 0.29) is 0 Å². The van der Waals surface area contributed by atoms with Gasteiger partial charge in [-0.3, -0.25) is 0 Å². The number of hydrogen-bond acceptors (Lipinski definition) is 2. The molecule has 0 aliphatic carbocycles. The van der Waals surface area contributed by atoms with Crippen LogP contribution in [0.5, 0.6) is 0 Å². The fraction of sp³-hybridized carbons (Fsp3) is 0.0714. The van der Waals surface area contributed by atoms with E-state index >= 15 is 0 Å². The van der Waals surface area contributed by atoms with E-state index in [0.29, 0.717) is 0 Å². The second-order valence-corrected chi connectivity index (χ2v) is 3.72. The summed E-state index contributed by atoms with van der Waals surface area (Å²) in [5.74, 6) is 0. The molecule has 0 bridgehead atoms. The Morgan fingerprint density at radius 1 is 1.00 bits per heavy atom. The molecule has 0 fully saturated rings. The van der Waals surface area contributed by atoms with Crippen LogP contribution in [0.25, 0.3) is 0 Å². The lowest BCUT2D eigenvalue weighted by molar-refractivity contribution is 1.45. The molecule has 0 spiro atoms. The molecular weight excluding hydrogens is 196 g/mol. The van der Waals surface area contributed by atoms with Gasteiger partial charge in [-0.1, -0.05) is 35.9 Å². The molecule has 0 radical (unpaired) electrons. The number of aryl methyl sites for hydroxylation is 1. The summed E-state index contributed by atoms with van der Waals surface area (Å²) in [6, 6.07) is 16.0. The highest BCUT2D eigenvalue weighted by Gasteiger charge is 1.98. The molecule has 0 unspecified atom stereocenters. The summed E-state index contributed by atoms with van der Waals surface area (Å²) in [5.41, 5.74) is 4.13. The number of benzene rings is 2. The number of para-hydroxylation sites is 1. The van der Waals surface area contributed by atoms with E-state index in [1.165, 1.54) is 11.8 Å². The maximum Gasteiger partial charge on any atom is 0.0473 e. The average Bonchev–Trinajstić information content (AvgIpc) is 2.33. The van der Waals surface area contributed by atoms with Crippen LogP contribution in [-0.2, 0) is 0 Å². The Kier molecular flexibility index (Phi) is 3.01. The van der Waals surface area contributed by atoms with E-state index in [1.807, 2.05) is 36.4 Å². The maximum absolute atomic E-state index is 7.32. The van der Waals surface area contributed by atoms with Gasteiger partial charge in [-0.2, -0.15) is 0 Å². The quantitative estimate of drug-likeness (QED) is 0.744. The van der Waals surface area contributed by atoms with Crippen molar-refractivity contribution in [2.24, 2.45) is 0 Å². The average molecular weight is 210 g/mol. The molecule has 2 aromatic carbocycles. The van der Waals surface area contributed by atoms with Gasteiger partial charge in [0.05, 0.1) is 0 Å². The van der Waals surface area contributed by atoms with Crippen LogP contribution in [0.3, 0.4) is 0 Å². The van der Waals surface area contributed by atoms with Crippen molar-refractivity contribution in [1.82, 2.24) is 0 Å². The van der Waals surface area contributed by atoms with Crippen molar-refractivity contribution in [1.29, 1.82) is 5.41 Å². The molecule has 0 atom stereocenters. The third-order valence-corrected chi connectivity index (χ3v) is 2.45. The summed E-state index contributed by atoms with van der Waals surface area (Å²) >= 11 is 0. The number of nitrogens with one attached hydrogen (secondary N) is 2. The zero-order valence-corrected chi connectivity index (χ0v) is 9.20. The van der Waals surface area contributed by atoms with Gasteiger partial charge in [0.25, 0.3) is 0 Å². The van der Waals surface area contributed by atoms with Gasteiger partial charge in [0, 0.05) is 23.2 Å². The molecular formula is C14H14N2. The molecule has 2 nitrogen and oxygen atoms in total. The van der Waals surface area contributed by atoms with Crippen molar-refractivity contribution in [3.05, 3.63) is 59.7 Å². The lowest BCUT2D eigenvalue weighted by Gasteiger charge is -2.09. The predicted octanol–water partition coefficient (Wildman–Crippen LogP) is 3.74. The first kappa shape index (κ1) is 10.4. The van der Waals surface area contributed by atoms with Gasteiger partial charge in [-0.05, 0) is 25.1 Å². The summed E-state index contributed by atoms with van der Waals surface area (Å²) in [6.07, 6.45) is 1.36. The maximum atomic E-state index is 7.32. The minimum Gasteiger partial charge on any atom is -0.355 e. The Labute approximate surface area is 95.5 Å². The summed E-state index contributed by atoms with van der Waals surface area (Å²) in [4.78, 5) is 0. The third kappa shape index (κ3) is 2.28. The van der Waals surface area contributed by atoms with Crippen molar-refractivity contribution in [3.63, 3.8) is 0 Å². The minimum atomic E-state index is 0.892.